The van der Waals surface area contributed by atoms with Gasteiger partial charge in [0.1, 0.15) is 0 Å². The van der Waals surface area contributed by atoms with Crippen molar-refractivity contribution in [3.63, 3.8) is 0 Å². The standard InChI is InChI=1S/C56H39NS/c1-56(50-24-11-8-21-47(50)48-22-9-12-25-51(48)56)52-36-35-46(55-54(52)49-23-10-13-26-53(49)58-55)41-29-33-44(34-30-41)57(43-31-27-40(28-32-43)38-15-4-2-5-16-38)45-20-14-19-42(37-45)39-17-6-3-7-18-39/h2-37H,1H3. The molecule has 0 unspecified atom stereocenters. The van der Waals surface area contributed by atoms with E-state index in [-0.39, 0.29) is 5.41 Å². The number of fused-ring (bicyclic) bond motifs is 6. The van der Waals surface area contributed by atoms with Gasteiger partial charge in [0, 0.05) is 42.6 Å². The minimum atomic E-state index is -0.289. The summed E-state index contributed by atoms with van der Waals surface area (Å²) in [7, 11) is 0. The van der Waals surface area contributed by atoms with E-state index in [4.69, 9.17) is 0 Å². The molecule has 9 aromatic carbocycles. The quantitative estimate of drug-likeness (QED) is 0.156. The number of hydrogen-bond donors (Lipinski definition) is 0. The number of rotatable bonds is 7. The van der Waals surface area contributed by atoms with Crippen molar-refractivity contribution < 1.29 is 0 Å². The topological polar surface area (TPSA) is 3.24 Å². The SMILES string of the molecule is CC1(c2ccc(-c3ccc(N(c4ccc(-c5ccccc5)cc4)c4cccc(-c5ccccc5)c4)cc3)c3sc4ccccc4c23)c2ccccc2-c2ccccc21. The van der Waals surface area contributed by atoms with Crippen molar-refractivity contribution in [3.8, 4) is 44.5 Å². The maximum atomic E-state index is 2.43. The Bertz CT molecular complexity index is 3060. The maximum Gasteiger partial charge on any atom is 0.0467 e. The molecule has 0 spiro atoms. The highest BCUT2D eigenvalue weighted by Gasteiger charge is 2.42. The van der Waals surface area contributed by atoms with Gasteiger partial charge in [0.05, 0.1) is 0 Å². The van der Waals surface area contributed by atoms with Gasteiger partial charge in [-0.05, 0) is 111 Å². The molecule has 274 valence electrons. The molecule has 0 N–H and O–H groups in total. The third kappa shape index (κ3) is 5.52. The summed E-state index contributed by atoms with van der Waals surface area (Å²) >= 11 is 1.91. The molecule has 1 aromatic heterocycles. The van der Waals surface area contributed by atoms with Crippen LogP contribution in [0.1, 0.15) is 23.6 Å². The third-order valence-electron chi connectivity index (χ3n) is 12.2. The summed E-state index contributed by atoms with van der Waals surface area (Å²) in [6, 6.07) is 79.9. The molecule has 0 bridgehead atoms. The smallest absolute Gasteiger partial charge is 0.0467 e. The molecule has 0 saturated heterocycles. The summed E-state index contributed by atoms with van der Waals surface area (Å²) in [5.41, 5.74) is 17.1. The van der Waals surface area contributed by atoms with Crippen LogP contribution in [0.25, 0.3) is 64.7 Å². The average molecular weight is 758 g/mol. The van der Waals surface area contributed by atoms with Gasteiger partial charge in [0.15, 0.2) is 0 Å². The number of benzene rings is 9. The molecule has 0 fully saturated rings. The molecule has 1 nitrogen and oxygen atoms in total. The van der Waals surface area contributed by atoms with Gasteiger partial charge >= 0.3 is 0 Å². The van der Waals surface area contributed by atoms with Crippen LogP contribution in [0.3, 0.4) is 0 Å². The van der Waals surface area contributed by atoms with Crippen LogP contribution >= 0.6 is 11.3 Å². The fourth-order valence-electron chi connectivity index (χ4n) is 9.34. The molecule has 0 amide bonds. The van der Waals surface area contributed by atoms with Crippen LogP contribution in [0.5, 0.6) is 0 Å². The lowest BCUT2D eigenvalue weighted by Crippen LogP contribution is -2.22. The Labute approximate surface area is 343 Å². The molecule has 58 heavy (non-hydrogen) atoms. The minimum absolute atomic E-state index is 0.289. The second kappa shape index (κ2) is 13.9. The Hall–Kier alpha value is -7.00. The van der Waals surface area contributed by atoms with Crippen LogP contribution in [0.15, 0.2) is 218 Å². The van der Waals surface area contributed by atoms with E-state index in [0.717, 1.165) is 17.1 Å². The Morgan fingerprint density at radius 2 is 0.879 bits per heavy atom. The Morgan fingerprint density at radius 1 is 0.362 bits per heavy atom. The van der Waals surface area contributed by atoms with E-state index >= 15 is 0 Å². The van der Waals surface area contributed by atoms with Crippen LogP contribution < -0.4 is 4.90 Å². The first-order valence-corrected chi connectivity index (χ1v) is 20.8. The first kappa shape index (κ1) is 34.3. The molecule has 1 aliphatic carbocycles. The van der Waals surface area contributed by atoms with Gasteiger partial charge in [-0.25, -0.2) is 0 Å². The van der Waals surface area contributed by atoms with Crippen molar-refractivity contribution in [2.45, 2.75) is 12.3 Å². The van der Waals surface area contributed by atoms with Crippen molar-refractivity contribution >= 4 is 48.6 Å². The third-order valence-corrected chi connectivity index (χ3v) is 13.4. The van der Waals surface area contributed by atoms with Gasteiger partial charge in [-0.3, -0.25) is 0 Å². The predicted octanol–water partition coefficient (Wildman–Crippen LogP) is 15.9. The second-order valence-corrected chi connectivity index (χ2v) is 16.4. The van der Waals surface area contributed by atoms with Crippen LogP contribution in [0.4, 0.5) is 17.1 Å². The molecule has 1 aliphatic rings. The maximum absolute atomic E-state index is 2.43. The van der Waals surface area contributed by atoms with Crippen LogP contribution in [0.2, 0.25) is 0 Å². The van der Waals surface area contributed by atoms with E-state index in [0.29, 0.717) is 0 Å². The zero-order chi connectivity index (χ0) is 38.6. The highest BCUT2D eigenvalue weighted by Crippen LogP contribution is 2.56. The van der Waals surface area contributed by atoms with Gasteiger partial charge in [-0.1, -0.05) is 176 Å². The van der Waals surface area contributed by atoms with Gasteiger partial charge in [0.2, 0.25) is 0 Å². The highest BCUT2D eigenvalue weighted by atomic mass is 32.1. The predicted molar refractivity (Wildman–Crippen MR) is 248 cm³/mol. The highest BCUT2D eigenvalue weighted by molar-refractivity contribution is 7.26. The van der Waals surface area contributed by atoms with Crippen molar-refractivity contribution in [1.82, 2.24) is 0 Å². The lowest BCUT2D eigenvalue weighted by Gasteiger charge is -2.30. The number of nitrogens with zero attached hydrogens (tertiary/aromatic N) is 1. The molecular formula is C56H39NS. The number of hydrogen-bond acceptors (Lipinski definition) is 2. The Morgan fingerprint density at radius 3 is 1.53 bits per heavy atom. The largest absolute Gasteiger partial charge is 0.310 e. The molecule has 0 saturated carbocycles. The first-order chi connectivity index (χ1) is 28.6. The second-order valence-electron chi connectivity index (χ2n) is 15.4. The molecular weight excluding hydrogens is 719 g/mol. The van der Waals surface area contributed by atoms with E-state index in [1.807, 2.05) is 11.3 Å². The van der Waals surface area contributed by atoms with Crippen molar-refractivity contribution in [2.75, 3.05) is 4.90 Å². The summed E-state index contributed by atoms with van der Waals surface area (Å²) in [5.74, 6) is 0. The van der Waals surface area contributed by atoms with E-state index in [1.165, 1.54) is 81.4 Å². The molecule has 11 rings (SSSR count). The summed E-state index contributed by atoms with van der Waals surface area (Å²) in [6.07, 6.45) is 0. The van der Waals surface area contributed by atoms with Gasteiger partial charge < -0.3 is 4.90 Å². The monoisotopic (exact) mass is 757 g/mol. The van der Waals surface area contributed by atoms with E-state index in [1.54, 1.807) is 0 Å². The molecule has 0 aliphatic heterocycles. The Balaban J connectivity index is 1.05. The molecule has 0 radical (unpaired) electrons. The van der Waals surface area contributed by atoms with Gasteiger partial charge in [0.25, 0.3) is 0 Å². The van der Waals surface area contributed by atoms with Crippen molar-refractivity contribution in [1.29, 1.82) is 0 Å². The molecule has 10 aromatic rings. The van der Waals surface area contributed by atoms with Crippen molar-refractivity contribution in [3.05, 3.63) is 235 Å². The van der Waals surface area contributed by atoms with Gasteiger partial charge in [-0.15, -0.1) is 11.3 Å². The normalized spacial score (nSPS) is 12.7. The van der Waals surface area contributed by atoms with E-state index in [2.05, 4.69) is 230 Å². The lowest BCUT2D eigenvalue weighted by atomic mass is 9.72. The summed E-state index contributed by atoms with van der Waals surface area (Å²) in [6.45, 7) is 2.43. The number of thiophene rings is 1. The van der Waals surface area contributed by atoms with Crippen LogP contribution in [-0.2, 0) is 5.41 Å². The Kier molecular flexibility index (Phi) is 8.20. The van der Waals surface area contributed by atoms with Crippen molar-refractivity contribution in [2.24, 2.45) is 0 Å². The molecule has 2 heteroatoms. The lowest BCUT2D eigenvalue weighted by molar-refractivity contribution is 0.722. The summed E-state index contributed by atoms with van der Waals surface area (Å²) in [4.78, 5) is 2.37. The fraction of sp³-hybridized carbons (Fsp3) is 0.0357. The molecule has 1 heterocycles. The zero-order valence-electron chi connectivity index (χ0n) is 32.1. The zero-order valence-corrected chi connectivity index (χ0v) is 33.0. The van der Waals surface area contributed by atoms with Gasteiger partial charge in [-0.2, -0.15) is 0 Å². The average Bonchev–Trinajstić information content (AvgIpc) is 3.81. The van der Waals surface area contributed by atoms with E-state index < -0.39 is 0 Å². The first-order valence-electron chi connectivity index (χ1n) is 20.0. The minimum Gasteiger partial charge on any atom is -0.310 e. The van der Waals surface area contributed by atoms with Crippen LogP contribution in [0, 0.1) is 0 Å². The summed E-state index contributed by atoms with van der Waals surface area (Å²) < 4.78 is 2.65. The molecule has 0 atom stereocenters. The fourth-order valence-corrected chi connectivity index (χ4v) is 10.6. The number of anilines is 3. The van der Waals surface area contributed by atoms with E-state index in [9.17, 15) is 0 Å². The summed E-state index contributed by atoms with van der Waals surface area (Å²) in [5, 5.41) is 2.68. The van der Waals surface area contributed by atoms with Crippen LogP contribution in [-0.4, -0.2) is 0 Å².